The van der Waals surface area contributed by atoms with Gasteiger partial charge in [0.05, 0.1) is 0 Å². The Hall–Kier alpha value is -1.60. The Morgan fingerprint density at radius 2 is 1.58 bits per heavy atom. The topological polar surface area (TPSA) is 9.23 Å². The lowest BCUT2D eigenvalue weighted by Crippen LogP contribution is -2.26. The van der Waals surface area contributed by atoms with Crippen LogP contribution in [0.2, 0.25) is 0 Å². The summed E-state index contributed by atoms with van der Waals surface area (Å²) < 4.78 is 6.22. The fraction of sp³-hybridized carbons (Fsp3) is 0.333. The molecule has 1 aliphatic rings. The van der Waals surface area contributed by atoms with Gasteiger partial charge in [-0.25, -0.2) is 0 Å². The lowest BCUT2D eigenvalue weighted by Gasteiger charge is -2.30. The van der Waals surface area contributed by atoms with Crippen molar-refractivity contribution in [2.75, 3.05) is 6.61 Å². The first-order valence-corrected chi connectivity index (χ1v) is 6.99. The zero-order valence-corrected chi connectivity index (χ0v) is 11.6. The van der Waals surface area contributed by atoms with E-state index >= 15 is 0 Å². The van der Waals surface area contributed by atoms with Gasteiger partial charge < -0.3 is 4.74 Å². The molecule has 0 radical (unpaired) electrons. The SMILES string of the molecule is Cc1cc(C)cc(C2(c3ccccc3)CCCO2)c1. The van der Waals surface area contributed by atoms with Crippen LogP contribution in [0.3, 0.4) is 0 Å². The smallest absolute Gasteiger partial charge is 0.118 e. The van der Waals surface area contributed by atoms with E-state index in [1.54, 1.807) is 0 Å². The fourth-order valence-corrected chi connectivity index (χ4v) is 3.18. The molecular weight excluding hydrogens is 232 g/mol. The van der Waals surface area contributed by atoms with Gasteiger partial charge in [-0.05, 0) is 37.8 Å². The first-order valence-electron chi connectivity index (χ1n) is 6.99. The third-order valence-corrected chi connectivity index (χ3v) is 3.95. The molecule has 1 heterocycles. The summed E-state index contributed by atoms with van der Waals surface area (Å²) in [6, 6.07) is 17.4. The Bertz CT molecular complexity index is 545. The minimum atomic E-state index is -0.238. The first-order chi connectivity index (χ1) is 9.21. The number of benzene rings is 2. The molecule has 0 aliphatic carbocycles. The van der Waals surface area contributed by atoms with Crippen molar-refractivity contribution >= 4 is 0 Å². The van der Waals surface area contributed by atoms with Crippen LogP contribution in [0.25, 0.3) is 0 Å². The van der Waals surface area contributed by atoms with Crippen LogP contribution in [0.1, 0.15) is 35.1 Å². The number of hydrogen-bond acceptors (Lipinski definition) is 1. The van der Waals surface area contributed by atoms with Crippen LogP contribution < -0.4 is 0 Å². The molecule has 0 aromatic heterocycles. The van der Waals surface area contributed by atoms with Gasteiger partial charge in [-0.3, -0.25) is 0 Å². The van der Waals surface area contributed by atoms with Crippen LogP contribution in [0, 0.1) is 13.8 Å². The van der Waals surface area contributed by atoms with Gasteiger partial charge in [0, 0.05) is 6.61 Å². The molecule has 1 fully saturated rings. The normalized spacial score (nSPS) is 22.6. The predicted octanol–water partition coefficient (Wildman–Crippen LogP) is 4.36. The summed E-state index contributed by atoms with van der Waals surface area (Å²) in [7, 11) is 0. The Morgan fingerprint density at radius 1 is 0.895 bits per heavy atom. The van der Waals surface area contributed by atoms with E-state index in [1.165, 1.54) is 22.3 Å². The Kier molecular flexibility index (Phi) is 3.16. The number of rotatable bonds is 2. The highest BCUT2D eigenvalue weighted by atomic mass is 16.5. The van der Waals surface area contributed by atoms with Crippen molar-refractivity contribution in [3.05, 3.63) is 70.8 Å². The second-order valence-electron chi connectivity index (χ2n) is 5.52. The molecule has 0 saturated carbocycles. The van der Waals surface area contributed by atoms with E-state index in [-0.39, 0.29) is 5.60 Å². The molecule has 1 heteroatoms. The average Bonchev–Trinajstić information content (AvgIpc) is 2.89. The van der Waals surface area contributed by atoms with Crippen LogP contribution >= 0.6 is 0 Å². The summed E-state index contributed by atoms with van der Waals surface area (Å²) in [5.41, 5.74) is 4.95. The maximum absolute atomic E-state index is 6.22. The highest BCUT2D eigenvalue weighted by Crippen LogP contribution is 2.42. The maximum atomic E-state index is 6.22. The van der Waals surface area contributed by atoms with Gasteiger partial charge in [0.2, 0.25) is 0 Å². The van der Waals surface area contributed by atoms with E-state index in [4.69, 9.17) is 4.74 Å². The van der Waals surface area contributed by atoms with Gasteiger partial charge in [0.15, 0.2) is 0 Å². The van der Waals surface area contributed by atoms with Crippen molar-refractivity contribution in [3.63, 3.8) is 0 Å². The monoisotopic (exact) mass is 252 g/mol. The molecular formula is C18H20O. The quantitative estimate of drug-likeness (QED) is 0.771. The van der Waals surface area contributed by atoms with Crippen molar-refractivity contribution in [2.45, 2.75) is 32.3 Å². The molecule has 2 aromatic carbocycles. The Balaban J connectivity index is 2.16. The summed E-state index contributed by atoms with van der Waals surface area (Å²) in [5, 5.41) is 0. The van der Waals surface area contributed by atoms with Crippen LogP contribution in [0.15, 0.2) is 48.5 Å². The lowest BCUT2D eigenvalue weighted by molar-refractivity contribution is 0.0359. The molecule has 1 atom stereocenters. The molecule has 3 rings (SSSR count). The van der Waals surface area contributed by atoms with Gasteiger partial charge >= 0.3 is 0 Å². The van der Waals surface area contributed by atoms with Gasteiger partial charge in [-0.1, -0.05) is 59.7 Å². The van der Waals surface area contributed by atoms with Crippen molar-refractivity contribution in [1.82, 2.24) is 0 Å². The molecule has 1 nitrogen and oxygen atoms in total. The van der Waals surface area contributed by atoms with E-state index in [9.17, 15) is 0 Å². The van der Waals surface area contributed by atoms with E-state index in [0.717, 1.165) is 19.4 Å². The van der Waals surface area contributed by atoms with E-state index in [0.29, 0.717) is 0 Å². The lowest BCUT2D eigenvalue weighted by atomic mass is 9.83. The van der Waals surface area contributed by atoms with Gasteiger partial charge in [0.1, 0.15) is 5.60 Å². The standard InChI is InChI=1S/C18H20O/c1-14-11-15(2)13-17(12-14)18(9-6-10-19-18)16-7-4-3-5-8-16/h3-5,7-8,11-13H,6,9-10H2,1-2H3. The minimum absolute atomic E-state index is 0.238. The van der Waals surface area contributed by atoms with Crippen LogP contribution in [0.5, 0.6) is 0 Å². The van der Waals surface area contributed by atoms with Crippen LogP contribution in [0.4, 0.5) is 0 Å². The third-order valence-electron chi connectivity index (χ3n) is 3.95. The Labute approximate surface area is 115 Å². The molecule has 1 aliphatic heterocycles. The number of ether oxygens (including phenoxy) is 1. The van der Waals surface area contributed by atoms with Gasteiger partial charge in [0.25, 0.3) is 0 Å². The molecule has 0 bridgehead atoms. The molecule has 98 valence electrons. The fourth-order valence-electron chi connectivity index (χ4n) is 3.18. The third kappa shape index (κ3) is 2.19. The van der Waals surface area contributed by atoms with Crippen molar-refractivity contribution in [2.24, 2.45) is 0 Å². The summed E-state index contributed by atoms with van der Waals surface area (Å²) in [6.07, 6.45) is 2.20. The number of hydrogen-bond donors (Lipinski definition) is 0. The van der Waals surface area contributed by atoms with E-state index in [1.807, 2.05) is 0 Å². The van der Waals surface area contributed by atoms with Gasteiger partial charge in [-0.15, -0.1) is 0 Å². The van der Waals surface area contributed by atoms with E-state index < -0.39 is 0 Å². The van der Waals surface area contributed by atoms with Gasteiger partial charge in [-0.2, -0.15) is 0 Å². The van der Waals surface area contributed by atoms with Crippen molar-refractivity contribution < 1.29 is 4.74 Å². The number of aryl methyl sites for hydroxylation is 2. The molecule has 1 unspecified atom stereocenters. The minimum Gasteiger partial charge on any atom is -0.366 e. The second-order valence-corrected chi connectivity index (χ2v) is 5.52. The zero-order valence-electron chi connectivity index (χ0n) is 11.6. The molecule has 0 spiro atoms. The van der Waals surface area contributed by atoms with Crippen molar-refractivity contribution in [3.8, 4) is 0 Å². The molecule has 2 aromatic rings. The molecule has 1 saturated heterocycles. The predicted molar refractivity (Wildman–Crippen MR) is 78.3 cm³/mol. The molecule has 0 N–H and O–H groups in total. The molecule has 0 amide bonds. The maximum Gasteiger partial charge on any atom is 0.118 e. The van der Waals surface area contributed by atoms with Crippen molar-refractivity contribution in [1.29, 1.82) is 0 Å². The zero-order chi connectivity index (χ0) is 13.3. The molecule has 19 heavy (non-hydrogen) atoms. The summed E-state index contributed by atoms with van der Waals surface area (Å²) in [4.78, 5) is 0. The summed E-state index contributed by atoms with van der Waals surface area (Å²) >= 11 is 0. The first kappa shape index (κ1) is 12.4. The average molecular weight is 252 g/mol. The van der Waals surface area contributed by atoms with Crippen LogP contribution in [-0.2, 0) is 10.3 Å². The van der Waals surface area contributed by atoms with Crippen LogP contribution in [-0.4, -0.2) is 6.61 Å². The largest absolute Gasteiger partial charge is 0.366 e. The second kappa shape index (κ2) is 4.82. The summed E-state index contributed by atoms with van der Waals surface area (Å²) in [6.45, 7) is 5.16. The summed E-state index contributed by atoms with van der Waals surface area (Å²) in [5.74, 6) is 0. The highest BCUT2D eigenvalue weighted by molar-refractivity contribution is 5.41. The highest BCUT2D eigenvalue weighted by Gasteiger charge is 2.38. The Morgan fingerprint density at radius 3 is 2.16 bits per heavy atom. The van der Waals surface area contributed by atoms with E-state index in [2.05, 4.69) is 62.4 Å².